The monoisotopic (exact) mass is 414 g/mol. The number of rotatable bonds is 6. The summed E-state index contributed by atoms with van der Waals surface area (Å²) in [6.45, 7) is 4.07. The molecule has 1 aliphatic rings. The first-order chi connectivity index (χ1) is 14.6. The second-order valence-corrected chi connectivity index (χ2v) is 8.16. The first-order valence-electron chi connectivity index (χ1n) is 9.85. The summed E-state index contributed by atoms with van der Waals surface area (Å²) in [5.74, 6) is -0.660. The summed E-state index contributed by atoms with van der Waals surface area (Å²) in [7, 11) is 0. The van der Waals surface area contributed by atoms with Crippen LogP contribution in [0, 0.1) is 6.92 Å². The van der Waals surface area contributed by atoms with Crippen molar-refractivity contribution in [2.45, 2.75) is 25.2 Å². The summed E-state index contributed by atoms with van der Waals surface area (Å²) in [6, 6.07) is 24.9. The second kappa shape index (κ2) is 8.59. The van der Waals surface area contributed by atoms with E-state index in [0.717, 1.165) is 22.6 Å². The van der Waals surface area contributed by atoms with Crippen LogP contribution in [0.3, 0.4) is 0 Å². The summed E-state index contributed by atoms with van der Waals surface area (Å²) in [4.78, 5) is 29.1. The number of thioether (sulfide) groups is 1. The molecule has 4 nitrogen and oxygen atoms in total. The normalized spacial score (nSPS) is 13.9. The lowest BCUT2D eigenvalue weighted by atomic mass is 10.1. The van der Waals surface area contributed by atoms with Gasteiger partial charge in [0.05, 0.1) is 5.69 Å². The van der Waals surface area contributed by atoms with Crippen molar-refractivity contribution in [2.75, 3.05) is 10.2 Å². The van der Waals surface area contributed by atoms with Gasteiger partial charge in [-0.05, 0) is 55.3 Å². The topological polar surface area (TPSA) is 49.4 Å². The van der Waals surface area contributed by atoms with Gasteiger partial charge in [0.1, 0.15) is 10.6 Å². The molecule has 1 N–H and O–H groups in total. The standard InChI is InChI=1S/C25H22N2O2S/c1-3-18-11-13-19(14-12-18)26-22-23(30-21-7-5-4-6-8-21)25(29)27(24(22)28)20-15-9-17(2)10-16-20/h4-16,26H,3H2,1-2H3. The maximum Gasteiger partial charge on any atom is 0.283 e. The van der Waals surface area contributed by atoms with Crippen LogP contribution in [0.25, 0.3) is 0 Å². The maximum atomic E-state index is 13.3. The highest BCUT2D eigenvalue weighted by atomic mass is 32.2. The van der Waals surface area contributed by atoms with Crippen LogP contribution < -0.4 is 10.2 Å². The van der Waals surface area contributed by atoms with E-state index in [1.165, 1.54) is 22.2 Å². The highest BCUT2D eigenvalue weighted by Crippen LogP contribution is 2.37. The summed E-state index contributed by atoms with van der Waals surface area (Å²) in [6.07, 6.45) is 0.941. The largest absolute Gasteiger partial charge is 0.350 e. The number of benzene rings is 3. The third-order valence-electron chi connectivity index (χ3n) is 4.93. The molecule has 0 fully saturated rings. The smallest absolute Gasteiger partial charge is 0.283 e. The van der Waals surface area contributed by atoms with Gasteiger partial charge in [0.2, 0.25) is 0 Å². The zero-order chi connectivity index (χ0) is 21.1. The minimum absolute atomic E-state index is 0.304. The summed E-state index contributed by atoms with van der Waals surface area (Å²) in [5, 5.41) is 3.20. The Morgan fingerprint density at radius 3 is 2.13 bits per heavy atom. The molecule has 5 heteroatoms. The van der Waals surface area contributed by atoms with Gasteiger partial charge in [0, 0.05) is 10.6 Å². The molecule has 1 heterocycles. The maximum absolute atomic E-state index is 13.3. The van der Waals surface area contributed by atoms with Crippen molar-refractivity contribution in [3.8, 4) is 0 Å². The predicted molar refractivity (Wildman–Crippen MR) is 122 cm³/mol. The van der Waals surface area contributed by atoms with Gasteiger partial charge >= 0.3 is 0 Å². The second-order valence-electron chi connectivity index (χ2n) is 7.08. The first kappa shape index (κ1) is 20.0. The summed E-state index contributed by atoms with van der Waals surface area (Å²) >= 11 is 1.30. The lowest BCUT2D eigenvalue weighted by Gasteiger charge is -2.15. The molecule has 150 valence electrons. The number of nitrogens with one attached hydrogen (secondary N) is 1. The van der Waals surface area contributed by atoms with Crippen molar-refractivity contribution in [1.82, 2.24) is 0 Å². The molecule has 3 aromatic carbocycles. The minimum atomic E-state index is -0.346. The minimum Gasteiger partial charge on any atom is -0.350 e. The van der Waals surface area contributed by atoms with Crippen LogP contribution in [-0.4, -0.2) is 11.8 Å². The molecule has 0 radical (unpaired) electrons. The summed E-state index contributed by atoms with van der Waals surface area (Å²) < 4.78 is 0. The van der Waals surface area contributed by atoms with Crippen LogP contribution in [-0.2, 0) is 16.0 Å². The van der Waals surface area contributed by atoms with Crippen LogP contribution in [0.5, 0.6) is 0 Å². The predicted octanol–water partition coefficient (Wildman–Crippen LogP) is 5.55. The molecule has 30 heavy (non-hydrogen) atoms. The van der Waals surface area contributed by atoms with E-state index < -0.39 is 0 Å². The Kier molecular flexibility index (Phi) is 5.72. The number of carbonyl (C=O) groups is 2. The molecular weight excluding hydrogens is 392 g/mol. The fourth-order valence-corrected chi connectivity index (χ4v) is 4.17. The van der Waals surface area contributed by atoms with Gasteiger partial charge in [-0.3, -0.25) is 9.59 Å². The first-order valence-corrected chi connectivity index (χ1v) is 10.7. The number of hydrogen-bond donors (Lipinski definition) is 1. The average molecular weight is 415 g/mol. The number of nitrogens with zero attached hydrogens (tertiary/aromatic N) is 1. The zero-order valence-corrected chi connectivity index (χ0v) is 17.7. The Morgan fingerprint density at radius 2 is 1.50 bits per heavy atom. The van der Waals surface area contributed by atoms with E-state index in [0.29, 0.717) is 16.3 Å². The molecule has 0 spiro atoms. The van der Waals surface area contributed by atoms with E-state index in [1.807, 2.05) is 73.7 Å². The molecule has 0 aromatic heterocycles. The fraction of sp³-hybridized carbons (Fsp3) is 0.120. The molecule has 1 aliphatic heterocycles. The molecule has 0 saturated carbocycles. The van der Waals surface area contributed by atoms with E-state index in [9.17, 15) is 9.59 Å². The van der Waals surface area contributed by atoms with Crippen molar-refractivity contribution < 1.29 is 9.59 Å². The van der Waals surface area contributed by atoms with Crippen molar-refractivity contribution in [2.24, 2.45) is 0 Å². The third-order valence-corrected chi connectivity index (χ3v) is 6.02. The van der Waals surface area contributed by atoms with E-state index in [-0.39, 0.29) is 11.8 Å². The van der Waals surface area contributed by atoms with Crippen LogP contribution in [0.1, 0.15) is 18.1 Å². The zero-order valence-electron chi connectivity index (χ0n) is 16.9. The van der Waals surface area contributed by atoms with Crippen molar-refractivity contribution in [3.05, 3.63) is 101 Å². The van der Waals surface area contributed by atoms with Gasteiger partial charge in [-0.1, -0.05) is 66.7 Å². The SMILES string of the molecule is CCc1ccc(NC2=C(Sc3ccccc3)C(=O)N(c3ccc(C)cc3)C2=O)cc1. The molecule has 0 unspecified atom stereocenters. The Balaban J connectivity index is 1.71. The molecule has 0 bridgehead atoms. The van der Waals surface area contributed by atoms with Gasteiger partial charge < -0.3 is 5.32 Å². The molecular formula is C25H22N2O2S. The average Bonchev–Trinajstić information content (AvgIpc) is 3.00. The van der Waals surface area contributed by atoms with Gasteiger partial charge in [-0.25, -0.2) is 4.90 Å². The van der Waals surface area contributed by atoms with Crippen LogP contribution in [0.15, 0.2) is 94.4 Å². The highest BCUT2D eigenvalue weighted by Gasteiger charge is 2.40. The van der Waals surface area contributed by atoms with Crippen LogP contribution in [0.4, 0.5) is 11.4 Å². The highest BCUT2D eigenvalue weighted by molar-refractivity contribution is 8.04. The quantitative estimate of drug-likeness (QED) is 0.538. The lowest BCUT2D eigenvalue weighted by molar-refractivity contribution is -0.120. The molecule has 0 atom stereocenters. The van der Waals surface area contributed by atoms with E-state index in [2.05, 4.69) is 12.2 Å². The van der Waals surface area contributed by atoms with Gasteiger partial charge in [-0.2, -0.15) is 0 Å². The lowest BCUT2D eigenvalue weighted by Crippen LogP contribution is -2.32. The van der Waals surface area contributed by atoms with Gasteiger partial charge in [0.15, 0.2) is 0 Å². The number of amides is 2. The molecule has 2 amide bonds. The summed E-state index contributed by atoms with van der Waals surface area (Å²) in [5.41, 5.74) is 3.93. The van der Waals surface area contributed by atoms with Gasteiger partial charge in [0.25, 0.3) is 11.8 Å². The Hall–Kier alpha value is -3.31. The Labute approximate surface area is 180 Å². The van der Waals surface area contributed by atoms with Crippen molar-refractivity contribution >= 4 is 35.0 Å². The fourth-order valence-electron chi connectivity index (χ4n) is 3.22. The number of anilines is 2. The molecule has 0 saturated heterocycles. The number of carbonyl (C=O) groups excluding carboxylic acids is 2. The van der Waals surface area contributed by atoms with Crippen molar-refractivity contribution in [1.29, 1.82) is 0 Å². The van der Waals surface area contributed by atoms with E-state index in [1.54, 1.807) is 12.1 Å². The number of aryl methyl sites for hydroxylation is 2. The van der Waals surface area contributed by atoms with E-state index in [4.69, 9.17) is 0 Å². The third kappa shape index (κ3) is 4.02. The van der Waals surface area contributed by atoms with Crippen molar-refractivity contribution in [3.63, 3.8) is 0 Å². The molecule has 0 aliphatic carbocycles. The Bertz CT molecular complexity index is 1100. The van der Waals surface area contributed by atoms with Crippen LogP contribution in [0.2, 0.25) is 0 Å². The Morgan fingerprint density at radius 1 is 0.833 bits per heavy atom. The molecule has 4 rings (SSSR count). The number of imide groups is 1. The van der Waals surface area contributed by atoms with Gasteiger partial charge in [-0.15, -0.1) is 0 Å². The van der Waals surface area contributed by atoms with E-state index >= 15 is 0 Å². The molecule has 3 aromatic rings. The number of hydrogen-bond acceptors (Lipinski definition) is 4. The van der Waals surface area contributed by atoms with Crippen LogP contribution >= 0.6 is 11.8 Å².